The molecule has 0 bridgehead atoms. The molecule has 6 heteroatoms. The van der Waals surface area contributed by atoms with E-state index in [1.807, 2.05) is 30.3 Å². The first kappa shape index (κ1) is 18.4. The lowest BCUT2D eigenvalue weighted by atomic mass is 10.0. The van der Waals surface area contributed by atoms with Crippen molar-refractivity contribution in [2.24, 2.45) is 4.99 Å². The molecule has 0 saturated carbocycles. The van der Waals surface area contributed by atoms with Gasteiger partial charge >= 0.3 is 0 Å². The van der Waals surface area contributed by atoms with Gasteiger partial charge in [0.2, 0.25) is 5.75 Å². The summed E-state index contributed by atoms with van der Waals surface area (Å²) in [6.07, 6.45) is 2.15. The summed E-state index contributed by atoms with van der Waals surface area (Å²) in [5.74, 6) is 1.79. The molecule has 28 heavy (non-hydrogen) atoms. The van der Waals surface area contributed by atoms with E-state index >= 15 is 0 Å². The highest BCUT2D eigenvalue weighted by molar-refractivity contribution is 6.30. The molecular formula is C22H21ClN2O3. The van der Waals surface area contributed by atoms with Crippen LogP contribution in [0, 0.1) is 0 Å². The Hall–Kier alpha value is -2.92. The molecule has 0 spiro atoms. The van der Waals surface area contributed by atoms with Gasteiger partial charge in [-0.15, -0.1) is 0 Å². The number of hydrogen-bond donors (Lipinski definition) is 0. The van der Waals surface area contributed by atoms with Gasteiger partial charge in [-0.2, -0.15) is 0 Å². The Kier molecular flexibility index (Phi) is 5.01. The van der Waals surface area contributed by atoms with Crippen LogP contribution in [0.1, 0.15) is 11.3 Å². The lowest BCUT2D eigenvalue weighted by Crippen LogP contribution is -2.18. The lowest BCUT2D eigenvalue weighted by Gasteiger charge is -2.19. The van der Waals surface area contributed by atoms with Crippen LogP contribution in [0.4, 0.5) is 0 Å². The van der Waals surface area contributed by atoms with Gasteiger partial charge in [-0.3, -0.25) is 4.99 Å². The highest BCUT2D eigenvalue weighted by Gasteiger charge is 2.22. The van der Waals surface area contributed by atoms with Gasteiger partial charge in [0.1, 0.15) is 0 Å². The number of aliphatic imine (C=N–C) groups is 1. The Morgan fingerprint density at radius 1 is 0.893 bits per heavy atom. The molecule has 0 atom stereocenters. The molecule has 1 aromatic heterocycles. The molecule has 0 unspecified atom stereocenters. The van der Waals surface area contributed by atoms with Gasteiger partial charge < -0.3 is 18.8 Å². The molecule has 1 aliphatic rings. The molecule has 0 fully saturated rings. The second-order valence-electron chi connectivity index (χ2n) is 6.46. The standard InChI is InChI=1S/C22H21ClN2O3/c1-26-19-11-15(12-20(27-2)22(19)28-3)21-18-10-16(13-25(18)8-7-24-21)14-5-4-6-17(23)9-14/h4-6,9-13H,7-8H2,1-3H3. The van der Waals surface area contributed by atoms with E-state index in [1.165, 1.54) is 0 Å². The highest BCUT2D eigenvalue weighted by Crippen LogP contribution is 2.39. The third kappa shape index (κ3) is 3.22. The summed E-state index contributed by atoms with van der Waals surface area (Å²) in [7, 11) is 4.83. The Labute approximate surface area is 169 Å². The molecule has 4 rings (SSSR count). The van der Waals surface area contributed by atoms with Crippen molar-refractivity contribution in [3.8, 4) is 28.4 Å². The summed E-state index contributed by atoms with van der Waals surface area (Å²) >= 11 is 6.17. The second kappa shape index (κ2) is 7.60. The average molecular weight is 397 g/mol. The zero-order chi connectivity index (χ0) is 19.7. The van der Waals surface area contributed by atoms with E-state index in [1.54, 1.807) is 21.3 Å². The number of methoxy groups -OCH3 is 3. The number of halogens is 1. The number of fused-ring (bicyclic) bond motifs is 1. The number of hydrogen-bond acceptors (Lipinski definition) is 4. The van der Waals surface area contributed by atoms with E-state index in [-0.39, 0.29) is 0 Å². The molecule has 5 nitrogen and oxygen atoms in total. The third-order valence-electron chi connectivity index (χ3n) is 4.85. The minimum absolute atomic E-state index is 0.570. The van der Waals surface area contributed by atoms with Gasteiger partial charge in [0.15, 0.2) is 11.5 Å². The second-order valence-corrected chi connectivity index (χ2v) is 6.90. The van der Waals surface area contributed by atoms with Crippen molar-refractivity contribution < 1.29 is 14.2 Å². The molecule has 2 aromatic carbocycles. The van der Waals surface area contributed by atoms with Crippen LogP contribution in [0.15, 0.2) is 53.7 Å². The SMILES string of the molecule is COc1cc(C2=NCCn3cc(-c4cccc(Cl)c4)cc32)cc(OC)c1OC. The molecule has 0 radical (unpaired) electrons. The zero-order valence-corrected chi connectivity index (χ0v) is 16.8. The first-order valence-corrected chi connectivity index (χ1v) is 9.33. The number of ether oxygens (including phenoxy) is 3. The number of nitrogens with zero attached hydrogens (tertiary/aromatic N) is 2. The molecule has 1 aliphatic heterocycles. The number of benzene rings is 2. The molecule has 0 saturated heterocycles. The van der Waals surface area contributed by atoms with E-state index in [9.17, 15) is 0 Å². The minimum Gasteiger partial charge on any atom is -0.493 e. The molecule has 0 aliphatic carbocycles. The Morgan fingerprint density at radius 2 is 1.64 bits per heavy atom. The monoisotopic (exact) mass is 396 g/mol. The Morgan fingerprint density at radius 3 is 2.29 bits per heavy atom. The summed E-state index contributed by atoms with van der Waals surface area (Å²) in [4.78, 5) is 4.79. The van der Waals surface area contributed by atoms with Crippen molar-refractivity contribution in [1.29, 1.82) is 0 Å². The molecule has 2 heterocycles. The Bertz CT molecular complexity index is 1030. The number of aromatic nitrogens is 1. The largest absolute Gasteiger partial charge is 0.493 e. The van der Waals surface area contributed by atoms with Gasteiger partial charge in [-0.1, -0.05) is 23.7 Å². The maximum atomic E-state index is 6.17. The van der Waals surface area contributed by atoms with Crippen LogP contribution in [-0.2, 0) is 6.54 Å². The van der Waals surface area contributed by atoms with Crippen molar-refractivity contribution in [1.82, 2.24) is 4.57 Å². The lowest BCUT2D eigenvalue weighted by molar-refractivity contribution is 0.324. The Balaban J connectivity index is 1.81. The van der Waals surface area contributed by atoms with Gasteiger partial charge in [0.25, 0.3) is 0 Å². The van der Waals surface area contributed by atoms with Crippen molar-refractivity contribution in [3.05, 3.63) is 64.9 Å². The predicted molar refractivity (Wildman–Crippen MR) is 111 cm³/mol. The fraction of sp³-hybridized carbons (Fsp3) is 0.227. The van der Waals surface area contributed by atoms with Gasteiger partial charge in [0, 0.05) is 28.9 Å². The van der Waals surface area contributed by atoms with E-state index in [4.69, 9.17) is 30.8 Å². The molecule has 144 valence electrons. The minimum atomic E-state index is 0.570. The van der Waals surface area contributed by atoms with Crippen LogP contribution >= 0.6 is 11.6 Å². The maximum Gasteiger partial charge on any atom is 0.203 e. The van der Waals surface area contributed by atoms with Gasteiger partial charge in [-0.05, 0) is 35.9 Å². The molecule has 3 aromatic rings. The van der Waals surface area contributed by atoms with Crippen LogP contribution < -0.4 is 14.2 Å². The van der Waals surface area contributed by atoms with Crippen molar-refractivity contribution in [2.75, 3.05) is 27.9 Å². The fourth-order valence-electron chi connectivity index (χ4n) is 3.53. The normalized spacial score (nSPS) is 12.9. The van der Waals surface area contributed by atoms with Gasteiger partial charge in [0.05, 0.1) is 39.3 Å². The average Bonchev–Trinajstić information content (AvgIpc) is 3.17. The van der Waals surface area contributed by atoms with Crippen LogP contribution in [0.5, 0.6) is 17.2 Å². The first-order valence-electron chi connectivity index (χ1n) is 8.96. The summed E-state index contributed by atoms with van der Waals surface area (Å²) in [6.45, 7) is 1.55. The van der Waals surface area contributed by atoms with E-state index < -0.39 is 0 Å². The summed E-state index contributed by atoms with van der Waals surface area (Å²) in [6, 6.07) is 13.9. The molecular weight excluding hydrogens is 376 g/mol. The summed E-state index contributed by atoms with van der Waals surface area (Å²) < 4.78 is 18.7. The highest BCUT2D eigenvalue weighted by atomic mass is 35.5. The first-order chi connectivity index (χ1) is 13.6. The summed E-state index contributed by atoms with van der Waals surface area (Å²) in [5, 5.41) is 0.722. The maximum absolute atomic E-state index is 6.17. The van der Waals surface area contributed by atoms with Crippen LogP contribution in [0.3, 0.4) is 0 Å². The summed E-state index contributed by atoms with van der Waals surface area (Å²) in [5.41, 5.74) is 5.07. The van der Waals surface area contributed by atoms with E-state index in [0.717, 1.165) is 39.7 Å². The molecule has 0 N–H and O–H groups in total. The molecule has 0 amide bonds. The smallest absolute Gasteiger partial charge is 0.203 e. The van der Waals surface area contributed by atoms with Gasteiger partial charge in [-0.25, -0.2) is 0 Å². The van der Waals surface area contributed by atoms with Crippen LogP contribution in [0.25, 0.3) is 11.1 Å². The van der Waals surface area contributed by atoms with E-state index in [0.29, 0.717) is 23.8 Å². The fourth-order valence-corrected chi connectivity index (χ4v) is 3.72. The number of rotatable bonds is 5. The van der Waals surface area contributed by atoms with E-state index in [2.05, 4.69) is 22.9 Å². The van der Waals surface area contributed by atoms with Crippen LogP contribution in [-0.4, -0.2) is 38.2 Å². The van der Waals surface area contributed by atoms with Crippen LogP contribution in [0.2, 0.25) is 5.02 Å². The predicted octanol–water partition coefficient (Wildman–Crippen LogP) is 4.69. The quantitative estimate of drug-likeness (QED) is 0.628. The van der Waals surface area contributed by atoms with Crippen molar-refractivity contribution in [2.45, 2.75) is 6.54 Å². The third-order valence-corrected chi connectivity index (χ3v) is 5.08. The topological polar surface area (TPSA) is 45.0 Å². The zero-order valence-electron chi connectivity index (χ0n) is 16.0. The van der Waals surface area contributed by atoms with Crippen molar-refractivity contribution in [3.63, 3.8) is 0 Å². The van der Waals surface area contributed by atoms with Crippen molar-refractivity contribution >= 4 is 17.3 Å².